The summed E-state index contributed by atoms with van der Waals surface area (Å²) in [4.78, 5) is 10.7. The number of nitro groups is 1. The van der Waals surface area contributed by atoms with Crippen LogP contribution >= 0.6 is 0 Å². The zero-order valence-corrected chi connectivity index (χ0v) is 17.5. The van der Waals surface area contributed by atoms with Gasteiger partial charge in [-0.25, -0.2) is 0 Å². The number of hydrogen-bond donors (Lipinski definition) is 0. The average molecular weight is 392 g/mol. The molecule has 0 saturated carbocycles. The number of ether oxygens (including phenoxy) is 1. The summed E-state index contributed by atoms with van der Waals surface area (Å²) in [5.74, 6) is 0.998. The van der Waals surface area contributed by atoms with Gasteiger partial charge < -0.3 is 9.16 Å². The van der Waals surface area contributed by atoms with Crippen LogP contribution in [0.2, 0.25) is 18.1 Å². The lowest BCUT2D eigenvalue weighted by atomic mass is 9.98. The Bertz CT molecular complexity index is 876. The molecule has 27 heavy (non-hydrogen) atoms. The van der Waals surface area contributed by atoms with Crippen molar-refractivity contribution in [3.63, 3.8) is 0 Å². The Morgan fingerprint density at radius 2 is 2.07 bits per heavy atom. The van der Waals surface area contributed by atoms with Crippen molar-refractivity contribution in [2.45, 2.75) is 57.8 Å². The lowest BCUT2D eigenvalue weighted by Crippen LogP contribution is -2.49. The first-order valence-corrected chi connectivity index (χ1v) is 11.8. The van der Waals surface area contributed by atoms with Crippen molar-refractivity contribution in [3.8, 4) is 11.4 Å². The fourth-order valence-corrected chi connectivity index (χ4v) is 3.73. The number of aromatic nitrogens is 4. The number of tetrazole rings is 1. The molecule has 0 bridgehead atoms. The molecule has 0 amide bonds. The molecule has 0 fully saturated rings. The second-order valence-electron chi connectivity index (χ2n) is 8.32. The third-order valence-corrected chi connectivity index (χ3v) is 10.1. The minimum absolute atomic E-state index is 0.0414. The van der Waals surface area contributed by atoms with E-state index in [-0.39, 0.29) is 10.7 Å². The van der Waals surface area contributed by atoms with Crippen molar-refractivity contribution in [1.82, 2.24) is 20.2 Å². The van der Waals surface area contributed by atoms with Crippen LogP contribution in [0.15, 0.2) is 18.2 Å². The molecule has 9 nitrogen and oxygen atoms in total. The van der Waals surface area contributed by atoms with Gasteiger partial charge in [0.25, 0.3) is 5.69 Å². The van der Waals surface area contributed by atoms with E-state index in [0.717, 1.165) is 0 Å². The van der Waals surface area contributed by atoms with Crippen LogP contribution in [-0.2, 0) is 10.0 Å². The van der Waals surface area contributed by atoms with E-state index in [1.807, 2.05) is 6.92 Å². The Labute approximate surface area is 158 Å². The van der Waals surface area contributed by atoms with Crippen LogP contribution in [0.4, 0.5) is 5.69 Å². The standard InChI is InChI=1S/C17H25N5O4Si/c1-7-17(11-25-27(5,6)16(2,3)4)15-18-19-20-21(15)13-10-12(22(23)24)8-9-14(13)26-17/h8-10H,7,11H2,1-6H3. The molecule has 0 aliphatic carbocycles. The van der Waals surface area contributed by atoms with Gasteiger partial charge in [0.05, 0.1) is 11.5 Å². The Balaban J connectivity index is 2.01. The number of rotatable bonds is 5. The third-order valence-electron chi connectivity index (χ3n) is 5.61. The number of fused-ring (bicyclic) bond motifs is 3. The first kappa shape index (κ1) is 19.4. The topological polar surface area (TPSA) is 105 Å². The molecule has 0 N–H and O–H groups in total. The zero-order valence-electron chi connectivity index (χ0n) is 16.5. The van der Waals surface area contributed by atoms with E-state index in [0.29, 0.717) is 30.3 Å². The Morgan fingerprint density at radius 1 is 1.37 bits per heavy atom. The fraction of sp³-hybridized carbons (Fsp3) is 0.588. The van der Waals surface area contributed by atoms with Crippen molar-refractivity contribution in [3.05, 3.63) is 34.1 Å². The summed E-state index contributed by atoms with van der Waals surface area (Å²) in [5, 5.41) is 23.2. The number of nitro benzene ring substituents is 1. The van der Waals surface area contributed by atoms with Crippen LogP contribution in [0, 0.1) is 10.1 Å². The molecular formula is C17H25N5O4Si. The molecular weight excluding hydrogens is 366 g/mol. The highest BCUT2D eigenvalue weighted by Gasteiger charge is 2.47. The maximum Gasteiger partial charge on any atom is 0.271 e. The van der Waals surface area contributed by atoms with Crippen molar-refractivity contribution in [1.29, 1.82) is 0 Å². The van der Waals surface area contributed by atoms with E-state index >= 15 is 0 Å². The maximum absolute atomic E-state index is 11.1. The SMILES string of the molecule is CCC1(CO[Si](C)(C)C(C)(C)C)Oc2ccc([N+](=O)[O-])cc2-n2nnnc21. The van der Waals surface area contributed by atoms with E-state index < -0.39 is 18.8 Å². The summed E-state index contributed by atoms with van der Waals surface area (Å²) in [6.45, 7) is 13.2. The number of non-ortho nitro benzene ring substituents is 1. The Morgan fingerprint density at radius 3 is 2.67 bits per heavy atom. The van der Waals surface area contributed by atoms with Gasteiger partial charge in [-0.05, 0) is 41.0 Å². The van der Waals surface area contributed by atoms with E-state index in [9.17, 15) is 10.1 Å². The van der Waals surface area contributed by atoms with E-state index in [1.165, 1.54) is 16.8 Å². The quantitative estimate of drug-likeness (QED) is 0.435. The number of hydrogen-bond acceptors (Lipinski definition) is 7. The first-order chi connectivity index (χ1) is 12.5. The second-order valence-corrected chi connectivity index (χ2v) is 13.1. The number of benzene rings is 1. The summed E-state index contributed by atoms with van der Waals surface area (Å²) < 4.78 is 14.3. The van der Waals surface area contributed by atoms with Crippen LogP contribution in [0.5, 0.6) is 5.75 Å². The maximum atomic E-state index is 11.1. The van der Waals surface area contributed by atoms with Crippen LogP contribution in [-0.4, -0.2) is 40.1 Å². The molecule has 2 heterocycles. The van der Waals surface area contributed by atoms with Crippen LogP contribution < -0.4 is 4.74 Å². The van der Waals surface area contributed by atoms with Crippen LogP contribution in [0.1, 0.15) is 39.9 Å². The minimum Gasteiger partial charge on any atom is -0.475 e. The third kappa shape index (κ3) is 3.23. The average Bonchev–Trinajstić information content (AvgIpc) is 3.09. The van der Waals surface area contributed by atoms with Crippen molar-refractivity contribution in [2.75, 3.05) is 6.61 Å². The summed E-state index contributed by atoms with van der Waals surface area (Å²) in [5.41, 5.74) is -0.428. The van der Waals surface area contributed by atoms with Gasteiger partial charge in [0.1, 0.15) is 11.4 Å². The molecule has 1 atom stereocenters. The van der Waals surface area contributed by atoms with E-state index in [2.05, 4.69) is 49.4 Å². The zero-order chi connectivity index (χ0) is 20.0. The molecule has 1 aromatic heterocycles. The Kier molecular flexibility index (Phi) is 4.59. The molecule has 0 spiro atoms. The van der Waals surface area contributed by atoms with Crippen LogP contribution in [0.25, 0.3) is 5.69 Å². The molecule has 1 aliphatic rings. The number of nitrogens with zero attached hydrogens (tertiary/aromatic N) is 5. The predicted octanol–water partition coefficient (Wildman–Crippen LogP) is 3.59. The molecule has 2 aromatic rings. The summed E-state index contributed by atoms with van der Waals surface area (Å²) in [6, 6.07) is 4.43. The van der Waals surface area contributed by atoms with Gasteiger partial charge in [-0.2, -0.15) is 4.68 Å². The molecule has 1 aromatic carbocycles. The lowest BCUT2D eigenvalue weighted by Gasteiger charge is -2.41. The van der Waals surface area contributed by atoms with Gasteiger partial charge in [0, 0.05) is 12.1 Å². The molecule has 1 aliphatic heterocycles. The van der Waals surface area contributed by atoms with Gasteiger partial charge in [0.2, 0.25) is 5.82 Å². The molecule has 10 heteroatoms. The predicted molar refractivity (Wildman–Crippen MR) is 102 cm³/mol. The van der Waals surface area contributed by atoms with Gasteiger partial charge in [-0.1, -0.05) is 27.7 Å². The summed E-state index contributed by atoms with van der Waals surface area (Å²) in [6.07, 6.45) is 0.596. The molecule has 0 saturated heterocycles. The van der Waals surface area contributed by atoms with Gasteiger partial charge in [-0.3, -0.25) is 10.1 Å². The molecule has 146 valence electrons. The normalized spacial score (nSPS) is 19.2. The monoisotopic (exact) mass is 391 g/mol. The van der Waals surface area contributed by atoms with Crippen molar-refractivity contribution in [2.24, 2.45) is 0 Å². The smallest absolute Gasteiger partial charge is 0.271 e. The van der Waals surface area contributed by atoms with E-state index in [1.54, 1.807) is 6.07 Å². The van der Waals surface area contributed by atoms with Gasteiger partial charge >= 0.3 is 0 Å². The highest BCUT2D eigenvalue weighted by atomic mass is 28.4. The lowest BCUT2D eigenvalue weighted by molar-refractivity contribution is -0.384. The molecule has 0 radical (unpaired) electrons. The van der Waals surface area contributed by atoms with E-state index in [4.69, 9.17) is 9.16 Å². The fourth-order valence-electron chi connectivity index (χ4n) is 2.70. The summed E-state index contributed by atoms with van der Waals surface area (Å²) >= 11 is 0. The molecule has 3 rings (SSSR count). The van der Waals surface area contributed by atoms with Crippen molar-refractivity contribution < 1.29 is 14.1 Å². The largest absolute Gasteiger partial charge is 0.475 e. The van der Waals surface area contributed by atoms with Crippen LogP contribution in [0.3, 0.4) is 0 Å². The highest BCUT2D eigenvalue weighted by Crippen LogP contribution is 2.43. The highest BCUT2D eigenvalue weighted by molar-refractivity contribution is 6.74. The second kappa shape index (κ2) is 6.38. The first-order valence-electron chi connectivity index (χ1n) is 8.91. The minimum atomic E-state index is -2.02. The van der Waals surface area contributed by atoms with Gasteiger partial charge in [-0.15, -0.1) is 5.10 Å². The Hall–Kier alpha value is -2.33. The summed E-state index contributed by atoms with van der Waals surface area (Å²) in [7, 11) is -2.02. The molecule has 1 unspecified atom stereocenters. The van der Waals surface area contributed by atoms with Crippen molar-refractivity contribution >= 4 is 14.0 Å². The van der Waals surface area contributed by atoms with Gasteiger partial charge in [0.15, 0.2) is 13.9 Å².